The van der Waals surface area contributed by atoms with Crippen LogP contribution in [0.2, 0.25) is 5.02 Å². The van der Waals surface area contributed by atoms with Crippen LogP contribution in [0.3, 0.4) is 0 Å². The molecule has 0 bridgehead atoms. The van der Waals surface area contributed by atoms with E-state index in [0.717, 1.165) is 36.8 Å². The van der Waals surface area contributed by atoms with E-state index in [1.54, 1.807) is 0 Å². The number of hydrogen-bond acceptors (Lipinski definition) is 3. The molecular formula is C15H18ClN3O. The van der Waals surface area contributed by atoms with Crippen molar-refractivity contribution in [3.8, 4) is 5.69 Å². The van der Waals surface area contributed by atoms with Crippen LogP contribution in [0.1, 0.15) is 12.0 Å². The molecule has 1 aromatic carbocycles. The highest BCUT2D eigenvalue weighted by atomic mass is 35.5. The predicted molar refractivity (Wildman–Crippen MR) is 79.0 cm³/mol. The van der Waals surface area contributed by atoms with Gasteiger partial charge in [0.15, 0.2) is 0 Å². The lowest BCUT2D eigenvalue weighted by Gasteiger charge is -2.13. The Morgan fingerprint density at radius 1 is 1.30 bits per heavy atom. The Hall–Kier alpha value is -1.36. The van der Waals surface area contributed by atoms with Crippen molar-refractivity contribution in [2.75, 3.05) is 19.7 Å². The third-order valence-electron chi connectivity index (χ3n) is 3.76. The number of aromatic nitrogens is 2. The second kappa shape index (κ2) is 5.95. The Balaban J connectivity index is 1.66. The number of aliphatic hydroxyl groups excluding tert-OH is 1. The molecule has 2 heterocycles. The summed E-state index contributed by atoms with van der Waals surface area (Å²) in [6.07, 6.45) is 5.04. The van der Waals surface area contributed by atoms with Gasteiger partial charge in [-0.3, -0.25) is 4.90 Å². The average Bonchev–Trinajstić information content (AvgIpc) is 3.09. The van der Waals surface area contributed by atoms with Crippen LogP contribution >= 0.6 is 11.6 Å². The van der Waals surface area contributed by atoms with Crippen molar-refractivity contribution in [2.24, 2.45) is 5.92 Å². The van der Waals surface area contributed by atoms with E-state index in [2.05, 4.69) is 16.2 Å². The van der Waals surface area contributed by atoms with Gasteiger partial charge in [-0.15, -0.1) is 0 Å². The zero-order valence-corrected chi connectivity index (χ0v) is 12.0. The van der Waals surface area contributed by atoms with E-state index in [4.69, 9.17) is 11.6 Å². The fraction of sp³-hybridized carbons (Fsp3) is 0.400. The lowest BCUT2D eigenvalue weighted by atomic mass is 10.1. The maximum atomic E-state index is 9.17. The predicted octanol–water partition coefficient (Wildman–Crippen LogP) is 2.34. The van der Waals surface area contributed by atoms with Crippen molar-refractivity contribution in [3.05, 3.63) is 47.2 Å². The van der Waals surface area contributed by atoms with Gasteiger partial charge in [-0.25, -0.2) is 4.68 Å². The summed E-state index contributed by atoms with van der Waals surface area (Å²) in [5.41, 5.74) is 2.20. The quantitative estimate of drug-likeness (QED) is 0.940. The Morgan fingerprint density at radius 2 is 2.10 bits per heavy atom. The SMILES string of the molecule is OCC1CCN(Cc2cnn(-c3ccc(Cl)cc3)c2)C1. The van der Waals surface area contributed by atoms with Gasteiger partial charge in [0.05, 0.1) is 11.9 Å². The standard InChI is InChI=1S/C15H18ClN3O/c16-14-1-3-15(4-2-14)19-10-13(7-17-19)9-18-6-5-12(8-18)11-20/h1-4,7,10,12,20H,5-6,8-9,11H2. The molecule has 1 fully saturated rings. The Morgan fingerprint density at radius 3 is 2.80 bits per heavy atom. The molecule has 1 saturated heterocycles. The van der Waals surface area contributed by atoms with E-state index in [0.29, 0.717) is 12.5 Å². The molecule has 20 heavy (non-hydrogen) atoms. The van der Waals surface area contributed by atoms with Crippen LogP contribution in [0.4, 0.5) is 0 Å². The first-order valence-electron chi connectivity index (χ1n) is 6.87. The zero-order valence-electron chi connectivity index (χ0n) is 11.2. The smallest absolute Gasteiger partial charge is 0.0646 e. The van der Waals surface area contributed by atoms with Crippen molar-refractivity contribution < 1.29 is 5.11 Å². The summed E-state index contributed by atoms with van der Waals surface area (Å²) in [6.45, 7) is 3.21. The highest BCUT2D eigenvalue weighted by molar-refractivity contribution is 6.30. The molecule has 1 unspecified atom stereocenters. The number of rotatable bonds is 4. The van der Waals surface area contributed by atoms with Gasteiger partial charge in [0.25, 0.3) is 0 Å². The summed E-state index contributed by atoms with van der Waals surface area (Å²) < 4.78 is 1.87. The van der Waals surface area contributed by atoms with E-state index in [-0.39, 0.29) is 0 Å². The summed E-state index contributed by atoms with van der Waals surface area (Å²) in [6, 6.07) is 7.64. The summed E-state index contributed by atoms with van der Waals surface area (Å²) in [4.78, 5) is 2.37. The number of benzene rings is 1. The Labute approximate surface area is 123 Å². The van der Waals surface area contributed by atoms with Gasteiger partial charge in [0.1, 0.15) is 0 Å². The molecule has 0 spiro atoms. The monoisotopic (exact) mass is 291 g/mol. The van der Waals surface area contributed by atoms with Crippen LogP contribution in [0, 0.1) is 5.92 Å². The number of nitrogens with zero attached hydrogens (tertiary/aromatic N) is 3. The zero-order chi connectivity index (χ0) is 13.9. The van der Waals surface area contributed by atoms with Crippen molar-refractivity contribution >= 4 is 11.6 Å². The molecule has 0 aliphatic carbocycles. The van der Waals surface area contributed by atoms with Crippen LogP contribution < -0.4 is 0 Å². The number of hydrogen-bond donors (Lipinski definition) is 1. The molecule has 1 aromatic heterocycles. The molecule has 1 N–H and O–H groups in total. The van der Waals surface area contributed by atoms with Gasteiger partial charge in [-0.05, 0) is 43.1 Å². The highest BCUT2D eigenvalue weighted by Crippen LogP contribution is 2.19. The van der Waals surface area contributed by atoms with Gasteiger partial charge in [0.2, 0.25) is 0 Å². The van der Waals surface area contributed by atoms with Crippen LogP contribution in [0.5, 0.6) is 0 Å². The van der Waals surface area contributed by atoms with E-state index in [1.807, 2.05) is 35.1 Å². The van der Waals surface area contributed by atoms with Gasteiger partial charge in [0, 0.05) is 36.5 Å². The minimum Gasteiger partial charge on any atom is -0.396 e. The van der Waals surface area contributed by atoms with Gasteiger partial charge >= 0.3 is 0 Å². The minimum absolute atomic E-state index is 0.292. The number of halogens is 1. The number of likely N-dealkylation sites (tertiary alicyclic amines) is 1. The molecular weight excluding hydrogens is 274 g/mol. The molecule has 0 saturated carbocycles. The molecule has 1 atom stereocenters. The van der Waals surface area contributed by atoms with E-state index >= 15 is 0 Å². The average molecular weight is 292 g/mol. The Bertz CT molecular complexity index is 567. The third kappa shape index (κ3) is 3.03. The van der Waals surface area contributed by atoms with Crippen LogP contribution in [0.15, 0.2) is 36.7 Å². The summed E-state index contributed by atoms with van der Waals surface area (Å²) in [7, 11) is 0. The van der Waals surface area contributed by atoms with Crippen molar-refractivity contribution in [3.63, 3.8) is 0 Å². The molecule has 2 aromatic rings. The normalized spacial score (nSPS) is 19.6. The maximum Gasteiger partial charge on any atom is 0.0646 e. The summed E-state index contributed by atoms with van der Waals surface area (Å²) in [5, 5.41) is 14.3. The Kier molecular flexibility index (Phi) is 4.05. The van der Waals surface area contributed by atoms with E-state index in [9.17, 15) is 5.11 Å². The molecule has 106 valence electrons. The summed E-state index contributed by atoms with van der Waals surface area (Å²) in [5.74, 6) is 0.432. The second-order valence-electron chi connectivity index (χ2n) is 5.34. The van der Waals surface area contributed by atoms with Crippen LogP contribution in [-0.4, -0.2) is 39.5 Å². The van der Waals surface area contributed by atoms with Gasteiger partial charge < -0.3 is 5.11 Å². The van der Waals surface area contributed by atoms with Crippen LogP contribution in [-0.2, 0) is 6.54 Å². The molecule has 5 heteroatoms. The maximum absolute atomic E-state index is 9.17. The fourth-order valence-electron chi connectivity index (χ4n) is 2.64. The minimum atomic E-state index is 0.292. The fourth-order valence-corrected chi connectivity index (χ4v) is 2.77. The van der Waals surface area contributed by atoms with Crippen molar-refractivity contribution in [2.45, 2.75) is 13.0 Å². The van der Waals surface area contributed by atoms with E-state index in [1.165, 1.54) is 5.56 Å². The molecule has 3 rings (SSSR count). The topological polar surface area (TPSA) is 41.3 Å². The molecule has 4 nitrogen and oxygen atoms in total. The van der Waals surface area contributed by atoms with Gasteiger partial charge in [-0.2, -0.15) is 5.10 Å². The lowest BCUT2D eigenvalue weighted by molar-refractivity contribution is 0.220. The first kappa shape index (κ1) is 13.6. The first-order valence-corrected chi connectivity index (χ1v) is 7.25. The third-order valence-corrected chi connectivity index (χ3v) is 4.01. The van der Waals surface area contributed by atoms with Crippen LogP contribution in [0.25, 0.3) is 5.69 Å². The van der Waals surface area contributed by atoms with Crippen molar-refractivity contribution in [1.29, 1.82) is 0 Å². The molecule has 0 amide bonds. The molecule has 1 aliphatic heterocycles. The van der Waals surface area contributed by atoms with Crippen molar-refractivity contribution in [1.82, 2.24) is 14.7 Å². The highest BCUT2D eigenvalue weighted by Gasteiger charge is 2.21. The molecule has 1 aliphatic rings. The molecule has 0 radical (unpaired) electrons. The summed E-state index contributed by atoms with van der Waals surface area (Å²) >= 11 is 5.89. The first-order chi connectivity index (χ1) is 9.74. The second-order valence-corrected chi connectivity index (χ2v) is 5.78. The van der Waals surface area contributed by atoms with Gasteiger partial charge in [-0.1, -0.05) is 11.6 Å². The lowest BCUT2D eigenvalue weighted by Crippen LogP contribution is -2.20. The van der Waals surface area contributed by atoms with E-state index < -0.39 is 0 Å². The number of aliphatic hydroxyl groups is 1. The largest absolute Gasteiger partial charge is 0.396 e.